The van der Waals surface area contributed by atoms with Crippen LogP contribution in [0.4, 0.5) is 5.69 Å². The first-order valence-corrected chi connectivity index (χ1v) is 8.76. The Kier molecular flexibility index (Phi) is 3.88. The molecule has 0 fully saturated rings. The van der Waals surface area contributed by atoms with E-state index in [0.29, 0.717) is 10.6 Å². The van der Waals surface area contributed by atoms with Gasteiger partial charge in [0.15, 0.2) is 0 Å². The molecule has 0 atom stereocenters. The van der Waals surface area contributed by atoms with Gasteiger partial charge in [-0.2, -0.15) is 0 Å². The van der Waals surface area contributed by atoms with Crippen LogP contribution in [0.5, 0.6) is 0 Å². The second-order valence-corrected chi connectivity index (χ2v) is 6.47. The quantitative estimate of drug-likeness (QED) is 0.777. The van der Waals surface area contributed by atoms with Crippen molar-refractivity contribution in [2.75, 3.05) is 11.4 Å². The maximum atomic E-state index is 13.1. The topological polar surface area (TPSA) is 41.0 Å². The number of hydrogen-bond donors (Lipinski definition) is 1. The minimum absolute atomic E-state index is 0.0881. The summed E-state index contributed by atoms with van der Waals surface area (Å²) in [6.45, 7) is 9.03. The molecule has 1 aliphatic rings. The fourth-order valence-electron chi connectivity index (χ4n) is 3.51. The predicted octanol–water partition coefficient (Wildman–Crippen LogP) is 2.55. The van der Waals surface area contributed by atoms with E-state index >= 15 is 0 Å². The maximum Gasteiger partial charge on any atom is 0.281 e. The van der Waals surface area contributed by atoms with Crippen molar-refractivity contribution >= 4 is 24.0 Å². The average molecular weight is 343 g/mol. The number of anilines is 1. The molecule has 1 N–H and O–H groups in total. The molecular weight excluding hydrogens is 322 g/mol. The molecule has 4 rings (SSSR count). The zero-order valence-electron chi connectivity index (χ0n) is 15.0. The van der Waals surface area contributed by atoms with E-state index in [0.717, 1.165) is 23.6 Å². The van der Waals surface area contributed by atoms with Crippen LogP contribution in [0.15, 0.2) is 59.4 Å². The van der Waals surface area contributed by atoms with Crippen LogP contribution in [0, 0.1) is 6.92 Å². The van der Waals surface area contributed by atoms with Gasteiger partial charge in [0.2, 0.25) is 0 Å². The van der Waals surface area contributed by atoms with Crippen molar-refractivity contribution in [2.45, 2.75) is 13.8 Å². The molecule has 4 heteroatoms. The number of H-pyrrole nitrogens is 1. The normalized spacial score (nSPS) is 15.2. The molecule has 0 bridgehead atoms. The van der Waals surface area contributed by atoms with E-state index in [2.05, 4.69) is 54.7 Å². The smallest absolute Gasteiger partial charge is 0.281 e. The molecule has 130 valence electrons. The summed E-state index contributed by atoms with van der Waals surface area (Å²) in [5.41, 5.74) is 5.09. The second kappa shape index (κ2) is 6.23. The fraction of sp³-hybridized carbons (Fsp3) is 0.136. The van der Waals surface area contributed by atoms with Gasteiger partial charge in [0.25, 0.3) is 5.56 Å². The Morgan fingerprint density at radius 2 is 1.85 bits per heavy atom. The first kappa shape index (κ1) is 16.2. The van der Waals surface area contributed by atoms with Crippen LogP contribution < -0.4 is 21.0 Å². The van der Waals surface area contributed by atoms with Gasteiger partial charge in [-0.3, -0.25) is 9.89 Å². The van der Waals surface area contributed by atoms with Crippen molar-refractivity contribution < 1.29 is 0 Å². The van der Waals surface area contributed by atoms with E-state index in [1.54, 1.807) is 4.68 Å². The van der Waals surface area contributed by atoms with Gasteiger partial charge in [-0.1, -0.05) is 42.5 Å². The van der Waals surface area contributed by atoms with Crippen LogP contribution in [-0.4, -0.2) is 16.3 Å². The van der Waals surface area contributed by atoms with Crippen molar-refractivity contribution in [3.63, 3.8) is 0 Å². The van der Waals surface area contributed by atoms with Gasteiger partial charge in [-0.05, 0) is 49.8 Å². The number of rotatable bonds is 2. The molecule has 3 aromatic rings. The minimum atomic E-state index is -0.0881. The van der Waals surface area contributed by atoms with Gasteiger partial charge in [-0.15, -0.1) is 0 Å². The largest absolute Gasteiger partial charge is 0.341 e. The molecule has 0 aliphatic carbocycles. The van der Waals surface area contributed by atoms with Gasteiger partial charge >= 0.3 is 0 Å². The molecule has 2 aromatic carbocycles. The van der Waals surface area contributed by atoms with Crippen molar-refractivity contribution in [3.8, 4) is 5.69 Å². The Bertz CT molecular complexity index is 1170. The number of likely N-dealkylation sites (N-methyl/N-ethyl adjacent to an activating group) is 1. The number of nitrogens with zero attached hydrogens (tertiary/aromatic N) is 2. The highest BCUT2D eigenvalue weighted by molar-refractivity contribution is 5.88. The first-order chi connectivity index (χ1) is 12.6. The number of aryl methyl sites for hydroxylation is 1. The van der Waals surface area contributed by atoms with Crippen molar-refractivity contribution in [1.82, 2.24) is 9.78 Å². The fourth-order valence-corrected chi connectivity index (χ4v) is 3.51. The molecule has 2 heterocycles. The molecule has 0 radical (unpaired) electrons. The Labute approximate surface area is 152 Å². The van der Waals surface area contributed by atoms with Crippen LogP contribution in [-0.2, 0) is 0 Å². The maximum absolute atomic E-state index is 13.1. The summed E-state index contributed by atoms with van der Waals surface area (Å²) in [5, 5.41) is 4.34. The summed E-state index contributed by atoms with van der Waals surface area (Å²) in [6.07, 6.45) is 4.09. The van der Waals surface area contributed by atoms with E-state index in [9.17, 15) is 4.79 Å². The van der Waals surface area contributed by atoms with Crippen LogP contribution in [0.25, 0.3) is 24.0 Å². The average Bonchev–Trinajstić information content (AvgIpc) is 2.95. The molecule has 1 aromatic heterocycles. The van der Waals surface area contributed by atoms with Gasteiger partial charge in [0, 0.05) is 12.2 Å². The SMILES string of the molecule is C=c1[nH]n(-c2ccccc2)c(=O)c1=C1C=Cc2cc(C)ccc2N1CC. The Morgan fingerprint density at radius 1 is 1.08 bits per heavy atom. The zero-order valence-corrected chi connectivity index (χ0v) is 15.0. The van der Waals surface area contributed by atoms with Crippen molar-refractivity contribution in [2.24, 2.45) is 0 Å². The van der Waals surface area contributed by atoms with Crippen molar-refractivity contribution in [1.29, 1.82) is 0 Å². The third-order valence-electron chi connectivity index (χ3n) is 4.74. The van der Waals surface area contributed by atoms with Crippen LogP contribution in [0.2, 0.25) is 0 Å². The molecule has 0 amide bonds. The molecule has 4 nitrogen and oxygen atoms in total. The molecule has 26 heavy (non-hydrogen) atoms. The highest BCUT2D eigenvalue weighted by atomic mass is 16.1. The molecule has 0 unspecified atom stereocenters. The van der Waals surface area contributed by atoms with Gasteiger partial charge in [0.05, 0.1) is 22.0 Å². The lowest BCUT2D eigenvalue weighted by molar-refractivity contribution is 0.838. The van der Waals surface area contributed by atoms with Crippen LogP contribution >= 0.6 is 0 Å². The predicted molar refractivity (Wildman–Crippen MR) is 108 cm³/mol. The van der Waals surface area contributed by atoms with Gasteiger partial charge in [-0.25, -0.2) is 4.68 Å². The van der Waals surface area contributed by atoms with E-state index < -0.39 is 0 Å². The van der Waals surface area contributed by atoms with E-state index in [1.807, 2.05) is 36.4 Å². The Balaban J connectivity index is 1.99. The Morgan fingerprint density at radius 3 is 2.58 bits per heavy atom. The summed E-state index contributed by atoms with van der Waals surface area (Å²) in [7, 11) is 0. The summed E-state index contributed by atoms with van der Waals surface area (Å²) in [5.74, 6) is 0. The van der Waals surface area contributed by atoms with Crippen LogP contribution in [0.1, 0.15) is 18.1 Å². The lowest BCUT2D eigenvalue weighted by Gasteiger charge is -2.29. The Hall–Kier alpha value is -3.27. The minimum Gasteiger partial charge on any atom is -0.341 e. The summed E-state index contributed by atoms with van der Waals surface area (Å²) in [6, 6.07) is 15.9. The highest BCUT2D eigenvalue weighted by Crippen LogP contribution is 2.31. The number of fused-ring (bicyclic) bond motifs is 1. The lowest BCUT2D eigenvalue weighted by Crippen LogP contribution is -2.41. The van der Waals surface area contributed by atoms with Crippen molar-refractivity contribution in [3.05, 3.63) is 86.7 Å². The van der Waals surface area contributed by atoms with E-state index in [1.165, 1.54) is 11.1 Å². The number of benzene rings is 2. The summed E-state index contributed by atoms with van der Waals surface area (Å²) < 4.78 is 1.55. The molecule has 0 saturated heterocycles. The summed E-state index contributed by atoms with van der Waals surface area (Å²) in [4.78, 5) is 15.3. The first-order valence-electron chi connectivity index (χ1n) is 8.76. The summed E-state index contributed by atoms with van der Waals surface area (Å²) >= 11 is 0. The third kappa shape index (κ3) is 2.51. The molecule has 0 saturated carbocycles. The lowest BCUT2D eigenvalue weighted by atomic mass is 10.0. The number of aromatic amines is 1. The molecule has 1 aliphatic heterocycles. The third-order valence-corrected chi connectivity index (χ3v) is 4.74. The monoisotopic (exact) mass is 343 g/mol. The van der Waals surface area contributed by atoms with E-state index in [4.69, 9.17) is 0 Å². The highest BCUT2D eigenvalue weighted by Gasteiger charge is 2.19. The van der Waals surface area contributed by atoms with Gasteiger partial charge in [0.1, 0.15) is 0 Å². The van der Waals surface area contributed by atoms with E-state index in [-0.39, 0.29) is 5.56 Å². The standard InChI is InChI=1S/C22H21N3O/c1-4-24-19-12-10-15(2)14-17(19)11-13-20(24)21-16(3)23-25(22(21)26)18-8-6-5-7-9-18/h5-14,23H,3-4H2,1-2H3. The number of hydrogen-bond acceptors (Lipinski definition) is 2. The number of nitrogens with one attached hydrogen (secondary N) is 1. The number of aromatic nitrogens is 2. The number of para-hydroxylation sites is 1. The van der Waals surface area contributed by atoms with Gasteiger partial charge < -0.3 is 4.90 Å². The zero-order chi connectivity index (χ0) is 18.3. The van der Waals surface area contributed by atoms with Crippen LogP contribution in [0.3, 0.4) is 0 Å². The second-order valence-electron chi connectivity index (χ2n) is 6.47. The molecule has 0 spiro atoms. The molecular formula is C22H21N3O.